The topological polar surface area (TPSA) is 105 Å². The first-order valence-electron chi connectivity index (χ1n) is 6.45. The standard InChI is InChI=1S/C13H15N7O/c1-7-4-15-10(8(2)11(7)14)6-20-13(21)9-5-16-19(3)12(9)17-18-20/h4-5H,6H2,1-3H3,(H2,14,15). The van der Waals surface area contributed by atoms with Crippen molar-refractivity contribution in [1.29, 1.82) is 0 Å². The minimum absolute atomic E-state index is 0.229. The third-order valence-corrected chi connectivity index (χ3v) is 3.60. The van der Waals surface area contributed by atoms with Crippen LogP contribution in [0.3, 0.4) is 0 Å². The third kappa shape index (κ3) is 2.04. The van der Waals surface area contributed by atoms with Gasteiger partial charge in [0.05, 0.1) is 18.4 Å². The van der Waals surface area contributed by atoms with Crippen LogP contribution in [0.5, 0.6) is 0 Å². The van der Waals surface area contributed by atoms with Crippen LogP contribution in [0, 0.1) is 13.8 Å². The lowest BCUT2D eigenvalue weighted by atomic mass is 10.1. The summed E-state index contributed by atoms with van der Waals surface area (Å²) in [6.07, 6.45) is 3.19. The molecule has 0 unspecified atom stereocenters. The summed E-state index contributed by atoms with van der Waals surface area (Å²) in [4.78, 5) is 16.7. The van der Waals surface area contributed by atoms with Crippen LogP contribution in [-0.4, -0.2) is 29.8 Å². The Labute approximate surface area is 120 Å². The van der Waals surface area contributed by atoms with Gasteiger partial charge in [-0.3, -0.25) is 9.78 Å². The molecule has 3 aromatic rings. The SMILES string of the molecule is Cc1cnc(Cn2nnc3c(cnn3C)c2=O)c(C)c1N. The van der Waals surface area contributed by atoms with Gasteiger partial charge in [-0.2, -0.15) is 5.10 Å². The van der Waals surface area contributed by atoms with E-state index in [4.69, 9.17) is 5.73 Å². The summed E-state index contributed by atoms with van der Waals surface area (Å²) in [6, 6.07) is 0. The molecule has 3 heterocycles. The molecule has 3 rings (SSSR count). The van der Waals surface area contributed by atoms with Gasteiger partial charge in [0.2, 0.25) is 0 Å². The molecule has 2 N–H and O–H groups in total. The van der Waals surface area contributed by atoms with Crippen molar-refractivity contribution < 1.29 is 0 Å². The Bertz CT molecular complexity index is 893. The highest BCUT2D eigenvalue weighted by atomic mass is 16.1. The average Bonchev–Trinajstić information content (AvgIpc) is 2.84. The fourth-order valence-corrected chi connectivity index (χ4v) is 2.17. The van der Waals surface area contributed by atoms with Crippen molar-refractivity contribution in [2.75, 3.05) is 5.73 Å². The normalized spacial score (nSPS) is 11.2. The Hall–Kier alpha value is -2.77. The molecule has 21 heavy (non-hydrogen) atoms. The van der Waals surface area contributed by atoms with Crippen molar-refractivity contribution >= 4 is 16.7 Å². The summed E-state index contributed by atoms with van der Waals surface area (Å²) in [7, 11) is 1.72. The van der Waals surface area contributed by atoms with Crippen LogP contribution in [0.2, 0.25) is 0 Å². The van der Waals surface area contributed by atoms with Crippen molar-refractivity contribution in [2.45, 2.75) is 20.4 Å². The monoisotopic (exact) mass is 285 g/mol. The smallest absolute Gasteiger partial charge is 0.281 e. The van der Waals surface area contributed by atoms with Gasteiger partial charge in [-0.15, -0.1) is 5.10 Å². The van der Waals surface area contributed by atoms with Crippen LogP contribution >= 0.6 is 0 Å². The number of nitrogens with two attached hydrogens (primary N) is 1. The number of nitrogen functional groups attached to an aromatic ring is 1. The maximum Gasteiger partial charge on any atom is 0.281 e. The second kappa shape index (κ2) is 4.65. The van der Waals surface area contributed by atoms with Crippen LogP contribution in [0.1, 0.15) is 16.8 Å². The molecule has 0 spiro atoms. The number of hydrogen-bond acceptors (Lipinski definition) is 6. The average molecular weight is 285 g/mol. The fourth-order valence-electron chi connectivity index (χ4n) is 2.17. The van der Waals surface area contributed by atoms with E-state index in [1.54, 1.807) is 13.2 Å². The lowest BCUT2D eigenvalue weighted by molar-refractivity contribution is 0.585. The van der Waals surface area contributed by atoms with Gasteiger partial charge in [0, 0.05) is 18.9 Å². The van der Waals surface area contributed by atoms with Crippen LogP contribution in [0.4, 0.5) is 5.69 Å². The number of aryl methyl sites for hydroxylation is 2. The summed E-state index contributed by atoms with van der Waals surface area (Å²) in [5.74, 6) is 0. The summed E-state index contributed by atoms with van der Waals surface area (Å²) < 4.78 is 2.79. The van der Waals surface area contributed by atoms with Gasteiger partial charge in [0.25, 0.3) is 5.56 Å². The molecule has 0 aliphatic rings. The van der Waals surface area contributed by atoms with Gasteiger partial charge in [-0.25, -0.2) is 9.36 Å². The van der Waals surface area contributed by atoms with Crippen molar-refractivity contribution in [3.63, 3.8) is 0 Å². The summed E-state index contributed by atoms with van der Waals surface area (Å²) >= 11 is 0. The highest BCUT2D eigenvalue weighted by Gasteiger charge is 2.12. The largest absolute Gasteiger partial charge is 0.398 e. The maximum absolute atomic E-state index is 12.4. The highest BCUT2D eigenvalue weighted by molar-refractivity contribution is 5.72. The van der Waals surface area contributed by atoms with Crippen LogP contribution in [0.15, 0.2) is 17.2 Å². The Morgan fingerprint density at radius 3 is 2.81 bits per heavy atom. The molecule has 0 saturated heterocycles. The lowest BCUT2D eigenvalue weighted by Gasteiger charge is -2.10. The van der Waals surface area contributed by atoms with Gasteiger partial charge < -0.3 is 5.73 Å². The zero-order valence-corrected chi connectivity index (χ0v) is 12.0. The number of pyridine rings is 1. The number of aromatic nitrogens is 6. The summed E-state index contributed by atoms with van der Waals surface area (Å²) in [5, 5.41) is 12.4. The van der Waals surface area contributed by atoms with Gasteiger partial charge in [0.15, 0.2) is 5.65 Å². The molecular weight excluding hydrogens is 270 g/mol. The molecule has 108 valence electrons. The molecular formula is C13H15N7O. The predicted octanol–water partition coefficient (Wildman–Crippen LogP) is 0.167. The predicted molar refractivity (Wildman–Crippen MR) is 77.8 cm³/mol. The number of fused-ring (bicyclic) bond motifs is 1. The van der Waals surface area contributed by atoms with E-state index in [0.717, 1.165) is 11.1 Å². The third-order valence-electron chi connectivity index (χ3n) is 3.60. The van der Waals surface area contributed by atoms with E-state index in [2.05, 4.69) is 20.4 Å². The molecule has 0 aromatic carbocycles. The van der Waals surface area contributed by atoms with Crippen LogP contribution in [-0.2, 0) is 13.6 Å². The Balaban J connectivity index is 2.09. The molecule has 0 aliphatic carbocycles. The van der Waals surface area contributed by atoms with Crippen molar-refractivity contribution in [1.82, 2.24) is 29.8 Å². The second-order valence-electron chi connectivity index (χ2n) is 4.98. The first kappa shape index (κ1) is 13.2. The maximum atomic E-state index is 12.4. The minimum Gasteiger partial charge on any atom is -0.398 e. The van der Waals surface area contributed by atoms with E-state index < -0.39 is 0 Å². The number of nitrogens with zero attached hydrogens (tertiary/aromatic N) is 6. The van der Waals surface area contributed by atoms with Crippen molar-refractivity contribution in [3.8, 4) is 0 Å². The number of rotatable bonds is 2. The second-order valence-corrected chi connectivity index (χ2v) is 4.98. The Kier molecular flexibility index (Phi) is 2.93. The molecule has 0 amide bonds. The van der Waals surface area contributed by atoms with E-state index in [1.165, 1.54) is 15.6 Å². The lowest BCUT2D eigenvalue weighted by Crippen LogP contribution is -2.25. The number of hydrogen-bond donors (Lipinski definition) is 1. The van der Waals surface area contributed by atoms with Crippen LogP contribution in [0.25, 0.3) is 11.0 Å². The Morgan fingerprint density at radius 1 is 1.29 bits per heavy atom. The Morgan fingerprint density at radius 2 is 2.05 bits per heavy atom. The quantitative estimate of drug-likeness (QED) is 0.719. The first-order valence-corrected chi connectivity index (χ1v) is 6.45. The van der Waals surface area contributed by atoms with Gasteiger partial charge in [0.1, 0.15) is 5.39 Å². The van der Waals surface area contributed by atoms with Gasteiger partial charge in [-0.05, 0) is 25.0 Å². The fraction of sp³-hybridized carbons (Fsp3) is 0.308. The van der Waals surface area contributed by atoms with E-state index in [0.29, 0.717) is 22.4 Å². The van der Waals surface area contributed by atoms with Gasteiger partial charge >= 0.3 is 0 Å². The van der Waals surface area contributed by atoms with E-state index in [1.807, 2.05) is 13.8 Å². The van der Waals surface area contributed by atoms with Crippen molar-refractivity contribution in [2.24, 2.45) is 7.05 Å². The van der Waals surface area contributed by atoms with E-state index in [-0.39, 0.29) is 12.1 Å². The molecule has 0 radical (unpaired) electrons. The van der Waals surface area contributed by atoms with E-state index in [9.17, 15) is 4.79 Å². The zero-order valence-electron chi connectivity index (χ0n) is 12.0. The minimum atomic E-state index is -0.242. The molecule has 0 saturated carbocycles. The molecule has 0 fully saturated rings. The van der Waals surface area contributed by atoms with Gasteiger partial charge in [-0.1, -0.05) is 5.21 Å². The molecule has 8 heteroatoms. The van der Waals surface area contributed by atoms with Crippen LogP contribution < -0.4 is 11.3 Å². The molecule has 0 atom stereocenters. The first-order chi connectivity index (χ1) is 9.99. The molecule has 3 aromatic heterocycles. The zero-order chi connectivity index (χ0) is 15.1. The number of anilines is 1. The summed E-state index contributed by atoms with van der Waals surface area (Å²) in [6.45, 7) is 4.01. The molecule has 8 nitrogen and oxygen atoms in total. The molecule has 0 bridgehead atoms. The van der Waals surface area contributed by atoms with Crippen molar-refractivity contribution in [3.05, 3.63) is 39.6 Å². The summed E-state index contributed by atoms with van der Waals surface area (Å²) in [5.41, 5.74) is 9.37. The van der Waals surface area contributed by atoms with E-state index >= 15 is 0 Å². The highest BCUT2D eigenvalue weighted by Crippen LogP contribution is 2.18. The molecule has 0 aliphatic heterocycles.